The van der Waals surface area contributed by atoms with E-state index in [-0.39, 0.29) is 0 Å². The predicted molar refractivity (Wildman–Crippen MR) is 44.7 cm³/mol. The van der Waals surface area contributed by atoms with Gasteiger partial charge < -0.3 is 4.40 Å². The van der Waals surface area contributed by atoms with Gasteiger partial charge in [0, 0.05) is 6.20 Å². The molecule has 0 spiro atoms. The van der Waals surface area contributed by atoms with E-state index >= 15 is 0 Å². The van der Waals surface area contributed by atoms with Crippen LogP contribution in [0.3, 0.4) is 0 Å². The van der Waals surface area contributed by atoms with Crippen molar-refractivity contribution < 1.29 is 0 Å². The molecule has 0 saturated carbocycles. The minimum atomic E-state index is 0.457. The highest BCUT2D eigenvalue weighted by Crippen LogP contribution is 2.07. The van der Waals surface area contributed by atoms with Crippen LogP contribution in [0.15, 0.2) is 30.6 Å². The molecule has 0 amide bonds. The smallest absolute Gasteiger partial charge is 0.128 e. The third kappa shape index (κ3) is 0.994. The first-order chi connectivity index (χ1) is 5.42. The van der Waals surface area contributed by atoms with E-state index < -0.39 is 0 Å². The lowest BCUT2D eigenvalue weighted by molar-refractivity contribution is 1.02. The quantitative estimate of drug-likeness (QED) is 0.593. The van der Waals surface area contributed by atoms with E-state index in [9.17, 15) is 0 Å². The van der Waals surface area contributed by atoms with E-state index in [1.807, 2.05) is 35.0 Å². The number of hydrogen-bond donors (Lipinski definition) is 0. The molecule has 3 heteroatoms. The summed E-state index contributed by atoms with van der Waals surface area (Å²) in [4.78, 5) is 4.14. The van der Waals surface area contributed by atoms with E-state index in [1.165, 1.54) is 0 Å². The first-order valence-electron chi connectivity index (χ1n) is 3.39. The van der Waals surface area contributed by atoms with Gasteiger partial charge in [0.05, 0.1) is 17.6 Å². The number of imidazole rings is 1. The maximum atomic E-state index is 5.66. The molecule has 2 heterocycles. The molecule has 0 aliphatic carbocycles. The van der Waals surface area contributed by atoms with Crippen molar-refractivity contribution in [2.75, 3.05) is 0 Å². The van der Waals surface area contributed by atoms with Gasteiger partial charge in [0.2, 0.25) is 0 Å². The van der Waals surface area contributed by atoms with Crippen LogP contribution in [0, 0.1) is 0 Å². The molecule has 0 atom stereocenters. The Kier molecular flexibility index (Phi) is 1.55. The van der Waals surface area contributed by atoms with Gasteiger partial charge in [0.1, 0.15) is 5.82 Å². The van der Waals surface area contributed by atoms with Gasteiger partial charge in [-0.1, -0.05) is 6.07 Å². The van der Waals surface area contributed by atoms with Crippen LogP contribution in [-0.2, 0) is 5.88 Å². The summed E-state index contributed by atoms with van der Waals surface area (Å²) < 4.78 is 1.98. The Bertz CT molecular complexity index is 367. The molecule has 2 rings (SSSR count). The zero-order valence-corrected chi connectivity index (χ0v) is 6.62. The Morgan fingerprint density at radius 2 is 2.36 bits per heavy atom. The van der Waals surface area contributed by atoms with Gasteiger partial charge in [-0.25, -0.2) is 4.98 Å². The highest BCUT2D eigenvalue weighted by Gasteiger charge is 1.98. The number of aromatic nitrogens is 2. The van der Waals surface area contributed by atoms with Gasteiger partial charge in [-0.05, 0) is 12.1 Å². The van der Waals surface area contributed by atoms with Crippen LogP contribution in [0.1, 0.15) is 5.82 Å². The summed E-state index contributed by atoms with van der Waals surface area (Å²) in [7, 11) is 0. The lowest BCUT2D eigenvalue weighted by Gasteiger charge is -1.94. The number of hydrogen-bond acceptors (Lipinski definition) is 1. The summed E-state index contributed by atoms with van der Waals surface area (Å²) in [5, 5.41) is 0. The fraction of sp³-hybridized carbons (Fsp3) is 0.125. The Morgan fingerprint density at radius 1 is 1.45 bits per heavy atom. The standard InChI is InChI=1S/C8H7ClN2/c9-5-8-10-6-7-3-1-2-4-11(7)8/h1-4,6H,5H2. The molecule has 0 aromatic carbocycles. The number of halogens is 1. The molecular weight excluding hydrogens is 160 g/mol. The highest BCUT2D eigenvalue weighted by molar-refractivity contribution is 6.16. The summed E-state index contributed by atoms with van der Waals surface area (Å²) in [6.07, 6.45) is 3.78. The average molecular weight is 167 g/mol. The summed E-state index contributed by atoms with van der Waals surface area (Å²) >= 11 is 5.66. The van der Waals surface area contributed by atoms with E-state index in [2.05, 4.69) is 4.98 Å². The van der Waals surface area contributed by atoms with Crippen LogP contribution in [0.5, 0.6) is 0 Å². The second-order valence-electron chi connectivity index (χ2n) is 2.30. The van der Waals surface area contributed by atoms with Crippen LogP contribution < -0.4 is 0 Å². The van der Waals surface area contributed by atoms with Crippen molar-refractivity contribution in [3.63, 3.8) is 0 Å². The second kappa shape index (κ2) is 2.55. The van der Waals surface area contributed by atoms with Gasteiger partial charge in [0.15, 0.2) is 0 Å². The molecule has 2 aromatic rings. The van der Waals surface area contributed by atoms with Crippen molar-refractivity contribution >= 4 is 17.1 Å². The average Bonchev–Trinajstić information content (AvgIpc) is 2.47. The molecule has 0 fully saturated rings. The highest BCUT2D eigenvalue weighted by atomic mass is 35.5. The Labute approximate surface area is 69.4 Å². The van der Waals surface area contributed by atoms with Crippen LogP contribution in [0.25, 0.3) is 5.52 Å². The van der Waals surface area contributed by atoms with Gasteiger partial charge >= 0.3 is 0 Å². The molecular formula is C8H7ClN2. The zero-order chi connectivity index (χ0) is 7.68. The second-order valence-corrected chi connectivity index (χ2v) is 2.57. The molecule has 0 saturated heterocycles. The maximum absolute atomic E-state index is 5.66. The molecule has 0 aliphatic rings. The Balaban J connectivity index is 2.76. The summed E-state index contributed by atoms with van der Waals surface area (Å²) in [5.41, 5.74) is 1.09. The molecule has 2 nitrogen and oxygen atoms in total. The maximum Gasteiger partial charge on any atom is 0.128 e. The van der Waals surface area contributed by atoms with Crippen LogP contribution in [0.4, 0.5) is 0 Å². The summed E-state index contributed by atoms with van der Waals surface area (Å²) in [5.74, 6) is 1.35. The number of nitrogens with zero attached hydrogens (tertiary/aromatic N) is 2. The molecule has 0 aliphatic heterocycles. The lowest BCUT2D eigenvalue weighted by atomic mass is 10.4. The summed E-state index contributed by atoms with van der Waals surface area (Å²) in [6.45, 7) is 0. The molecule has 11 heavy (non-hydrogen) atoms. The number of alkyl halides is 1. The van der Waals surface area contributed by atoms with E-state index in [0.29, 0.717) is 5.88 Å². The number of rotatable bonds is 1. The fourth-order valence-electron chi connectivity index (χ4n) is 1.10. The third-order valence-corrected chi connectivity index (χ3v) is 1.87. The van der Waals surface area contributed by atoms with Crippen molar-refractivity contribution in [3.8, 4) is 0 Å². The SMILES string of the molecule is ClCc1ncc2ccccn12. The lowest BCUT2D eigenvalue weighted by Crippen LogP contribution is -1.88. The minimum Gasteiger partial charge on any atom is -0.303 e. The molecule has 0 radical (unpaired) electrons. The van der Waals surface area contributed by atoms with Gasteiger partial charge in [-0.2, -0.15) is 0 Å². The number of fused-ring (bicyclic) bond motifs is 1. The predicted octanol–water partition coefficient (Wildman–Crippen LogP) is 2.07. The van der Waals surface area contributed by atoms with Crippen LogP contribution >= 0.6 is 11.6 Å². The topological polar surface area (TPSA) is 17.3 Å². The molecule has 0 N–H and O–H groups in total. The zero-order valence-electron chi connectivity index (χ0n) is 5.87. The molecule has 56 valence electrons. The molecule has 0 bridgehead atoms. The molecule has 2 aromatic heterocycles. The van der Waals surface area contributed by atoms with Crippen LogP contribution in [-0.4, -0.2) is 9.38 Å². The van der Waals surface area contributed by atoms with E-state index in [0.717, 1.165) is 11.3 Å². The van der Waals surface area contributed by atoms with Gasteiger partial charge in [0.25, 0.3) is 0 Å². The Morgan fingerprint density at radius 3 is 3.18 bits per heavy atom. The van der Waals surface area contributed by atoms with Crippen molar-refractivity contribution in [1.29, 1.82) is 0 Å². The van der Waals surface area contributed by atoms with Gasteiger partial charge in [-0.3, -0.25) is 0 Å². The van der Waals surface area contributed by atoms with Crippen molar-refractivity contribution in [1.82, 2.24) is 9.38 Å². The van der Waals surface area contributed by atoms with Gasteiger partial charge in [-0.15, -0.1) is 11.6 Å². The van der Waals surface area contributed by atoms with Crippen LogP contribution in [0.2, 0.25) is 0 Å². The molecule has 0 unspecified atom stereocenters. The van der Waals surface area contributed by atoms with Crippen molar-refractivity contribution in [2.24, 2.45) is 0 Å². The largest absolute Gasteiger partial charge is 0.303 e. The third-order valence-electron chi connectivity index (χ3n) is 1.63. The van der Waals surface area contributed by atoms with E-state index in [1.54, 1.807) is 0 Å². The Hall–Kier alpha value is -1.02. The monoisotopic (exact) mass is 166 g/mol. The minimum absolute atomic E-state index is 0.457. The first-order valence-corrected chi connectivity index (χ1v) is 3.92. The number of pyridine rings is 1. The summed E-state index contributed by atoms with van der Waals surface area (Å²) in [6, 6.07) is 5.95. The van der Waals surface area contributed by atoms with Crippen molar-refractivity contribution in [3.05, 3.63) is 36.4 Å². The normalized spacial score (nSPS) is 10.6. The first kappa shape index (κ1) is 6.68. The fourth-order valence-corrected chi connectivity index (χ4v) is 1.30. The van der Waals surface area contributed by atoms with E-state index in [4.69, 9.17) is 11.6 Å². The van der Waals surface area contributed by atoms with Crippen molar-refractivity contribution in [2.45, 2.75) is 5.88 Å².